The Morgan fingerprint density at radius 3 is 2.35 bits per heavy atom. The zero-order valence-corrected chi connectivity index (χ0v) is 10.7. The second-order valence-corrected chi connectivity index (χ2v) is 4.51. The average molecular weight is 237 g/mol. The summed E-state index contributed by atoms with van der Waals surface area (Å²) in [6.07, 6.45) is 1.18. The smallest absolute Gasteiger partial charge is 0.102 e. The lowest BCUT2D eigenvalue weighted by atomic mass is 9.96. The van der Waals surface area contributed by atoms with Crippen LogP contribution < -0.4 is 5.73 Å². The summed E-state index contributed by atoms with van der Waals surface area (Å²) in [5.41, 5.74) is 6.73. The molecule has 0 saturated heterocycles. The van der Waals surface area contributed by atoms with E-state index in [0.29, 0.717) is 13.2 Å². The van der Waals surface area contributed by atoms with Gasteiger partial charge in [0.1, 0.15) is 6.10 Å². The molecule has 1 unspecified atom stereocenters. The normalized spacial score (nSPS) is 13.6. The van der Waals surface area contributed by atoms with E-state index < -0.39 is 6.10 Å². The quantitative estimate of drug-likeness (QED) is 0.764. The number of hydrogen-bond acceptors (Lipinski definition) is 3. The van der Waals surface area contributed by atoms with Crippen molar-refractivity contribution < 1.29 is 9.84 Å². The van der Waals surface area contributed by atoms with Gasteiger partial charge in [-0.1, -0.05) is 44.2 Å². The molecule has 0 amide bonds. The Morgan fingerprint density at radius 2 is 1.82 bits per heavy atom. The highest BCUT2D eigenvalue weighted by Crippen LogP contribution is 2.15. The van der Waals surface area contributed by atoms with Crippen LogP contribution in [0.25, 0.3) is 0 Å². The molecule has 0 radical (unpaired) electrons. The molecular weight excluding hydrogens is 214 g/mol. The van der Waals surface area contributed by atoms with Gasteiger partial charge in [-0.3, -0.25) is 0 Å². The van der Waals surface area contributed by atoms with E-state index in [-0.39, 0.29) is 5.54 Å². The van der Waals surface area contributed by atoms with E-state index in [1.54, 1.807) is 0 Å². The standard InChI is InChI=1S/C14H23NO2/c1-3-14(15,4-2)11-17-10-13(16)12-8-6-5-7-9-12/h5-9,13,16H,3-4,10-11,15H2,1-2H3. The van der Waals surface area contributed by atoms with Crippen molar-refractivity contribution in [1.82, 2.24) is 0 Å². The summed E-state index contributed by atoms with van der Waals surface area (Å²) in [6.45, 7) is 4.90. The van der Waals surface area contributed by atoms with E-state index in [9.17, 15) is 5.11 Å². The van der Waals surface area contributed by atoms with E-state index >= 15 is 0 Å². The molecule has 96 valence electrons. The number of nitrogens with two attached hydrogens (primary N) is 1. The summed E-state index contributed by atoms with van der Waals surface area (Å²) in [7, 11) is 0. The van der Waals surface area contributed by atoms with E-state index in [1.165, 1.54) is 0 Å². The lowest BCUT2D eigenvalue weighted by Crippen LogP contribution is -2.43. The summed E-state index contributed by atoms with van der Waals surface area (Å²) in [4.78, 5) is 0. The number of aliphatic hydroxyl groups excluding tert-OH is 1. The molecule has 0 aromatic heterocycles. The molecule has 3 nitrogen and oxygen atoms in total. The van der Waals surface area contributed by atoms with Gasteiger partial charge >= 0.3 is 0 Å². The molecule has 0 aliphatic carbocycles. The van der Waals surface area contributed by atoms with E-state index in [4.69, 9.17) is 10.5 Å². The number of ether oxygens (including phenoxy) is 1. The van der Waals surface area contributed by atoms with Crippen LogP contribution in [0.3, 0.4) is 0 Å². The van der Waals surface area contributed by atoms with Crippen LogP contribution in [-0.2, 0) is 4.74 Å². The summed E-state index contributed by atoms with van der Waals surface area (Å²) in [5, 5.41) is 9.90. The summed E-state index contributed by atoms with van der Waals surface area (Å²) < 4.78 is 5.52. The van der Waals surface area contributed by atoms with Crippen molar-refractivity contribution in [3.05, 3.63) is 35.9 Å². The molecule has 0 aliphatic rings. The van der Waals surface area contributed by atoms with Gasteiger partial charge in [-0.15, -0.1) is 0 Å². The Balaban J connectivity index is 2.37. The first kappa shape index (κ1) is 14.2. The summed E-state index contributed by atoms with van der Waals surface area (Å²) in [5.74, 6) is 0. The zero-order valence-electron chi connectivity index (χ0n) is 10.7. The van der Waals surface area contributed by atoms with Crippen molar-refractivity contribution in [2.45, 2.75) is 38.3 Å². The highest BCUT2D eigenvalue weighted by Gasteiger charge is 2.20. The van der Waals surface area contributed by atoms with Gasteiger partial charge in [0.2, 0.25) is 0 Å². The lowest BCUT2D eigenvalue weighted by Gasteiger charge is -2.26. The van der Waals surface area contributed by atoms with Gasteiger partial charge < -0.3 is 15.6 Å². The van der Waals surface area contributed by atoms with Gasteiger partial charge in [0, 0.05) is 5.54 Å². The summed E-state index contributed by atoms with van der Waals surface area (Å²) >= 11 is 0. The average Bonchev–Trinajstić information content (AvgIpc) is 2.39. The van der Waals surface area contributed by atoms with Gasteiger partial charge in [0.25, 0.3) is 0 Å². The molecule has 1 aromatic carbocycles. The molecule has 1 atom stereocenters. The molecule has 0 aliphatic heterocycles. The number of aliphatic hydroxyl groups is 1. The molecular formula is C14H23NO2. The van der Waals surface area contributed by atoms with Gasteiger partial charge in [0.05, 0.1) is 13.2 Å². The minimum atomic E-state index is -0.575. The Hall–Kier alpha value is -0.900. The molecule has 3 N–H and O–H groups in total. The van der Waals surface area contributed by atoms with Crippen molar-refractivity contribution in [1.29, 1.82) is 0 Å². The largest absolute Gasteiger partial charge is 0.386 e. The molecule has 3 heteroatoms. The first-order chi connectivity index (χ1) is 8.11. The highest BCUT2D eigenvalue weighted by molar-refractivity contribution is 5.17. The van der Waals surface area contributed by atoms with Crippen molar-refractivity contribution in [3.8, 4) is 0 Å². The minimum Gasteiger partial charge on any atom is -0.386 e. The fourth-order valence-corrected chi connectivity index (χ4v) is 1.60. The van der Waals surface area contributed by atoms with Gasteiger partial charge in [-0.05, 0) is 18.4 Å². The first-order valence-electron chi connectivity index (χ1n) is 6.21. The molecule has 0 heterocycles. The van der Waals surface area contributed by atoms with E-state index in [2.05, 4.69) is 13.8 Å². The van der Waals surface area contributed by atoms with Crippen molar-refractivity contribution in [3.63, 3.8) is 0 Å². The van der Waals surface area contributed by atoms with Crippen LogP contribution in [0, 0.1) is 0 Å². The topological polar surface area (TPSA) is 55.5 Å². The van der Waals surface area contributed by atoms with E-state index in [0.717, 1.165) is 18.4 Å². The molecule has 0 fully saturated rings. The van der Waals surface area contributed by atoms with Crippen molar-refractivity contribution in [2.75, 3.05) is 13.2 Å². The van der Waals surface area contributed by atoms with Crippen LogP contribution in [0.4, 0.5) is 0 Å². The van der Waals surface area contributed by atoms with Crippen molar-refractivity contribution in [2.24, 2.45) is 5.73 Å². The Labute approximate surface area is 104 Å². The second kappa shape index (κ2) is 6.74. The maximum absolute atomic E-state index is 9.90. The third-order valence-electron chi connectivity index (χ3n) is 3.26. The minimum absolute atomic E-state index is 0.267. The molecule has 0 saturated carbocycles. The highest BCUT2D eigenvalue weighted by atomic mass is 16.5. The Bertz CT molecular complexity index is 309. The monoisotopic (exact) mass is 237 g/mol. The first-order valence-corrected chi connectivity index (χ1v) is 6.21. The molecule has 0 bridgehead atoms. The Morgan fingerprint density at radius 1 is 1.24 bits per heavy atom. The molecule has 1 aromatic rings. The van der Waals surface area contributed by atoms with Crippen LogP contribution in [-0.4, -0.2) is 23.9 Å². The van der Waals surface area contributed by atoms with Crippen LogP contribution in [0.15, 0.2) is 30.3 Å². The molecule has 0 spiro atoms. The number of hydrogen-bond donors (Lipinski definition) is 2. The SMILES string of the molecule is CCC(N)(CC)COCC(O)c1ccccc1. The van der Waals surface area contributed by atoms with Crippen molar-refractivity contribution >= 4 is 0 Å². The fraction of sp³-hybridized carbons (Fsp3) is 0.571. The third-order valence-corrected chi connectivity index (χ3v) is 3.26. The predicted octanol–water partition coefficient (Wildman–Crippen LogP) is 2.25. The maximum atomic E-state index is 9.90. The lowest BCUT2D eigenvalue weighted by molar-refractivity contribution is 0.0120. The molecule has 1 rings (SSSR count). The molecule has 17 heavy (non-hydrogen) atoms. The fourth-order valence-electron chi connectivity index (χ4n) is 1.60. The van der Waals surface area contributed by atoms with Gasteiger partial charge in [-0.2, -0.15) is 0 Å². The van der Waals surface area contributed by atoms with Gasteiger partial charge in [0.15, 0.2) is 0 Å². The predicted molar refractivity (Wildman–Crippen MR) is 69.7 cm³/mol. The van der Waals surface area contributed by atoms with E-state index in [1.807, 2.05) is 30.3 Å². The maximum Gasteiger partial charge on any atom is 0.102 e. The van der Waals surface area contributed by atoms with Gasteiger partial charge in [-0.25, -0.2) is 0 Å². The number of rotatable bonds is 7. The number of benzene rings is 1. The second-order valence-electron chi connectivity index (χ2n) is 4.51. The van der Waals surface area contributed by atoms with Crippen LogP contribution >= 0.6 is 0 Å². The van der Waals surface area contributed by atoms with Crippen LogP contribution in [0.2, 0.25) is 0 Å². The summed E-state index contributed by atoms with van der Waals surface area (Å²) in [6, 6.07) is 9.52. The third kappa shape index (κ3) is 4.46. The van der Waals surface area contributed by atoms with Crippen LogP contribution in [0.5, 0.6) is 0 Å². The Kier molecular flexibility index (Phi) is 5.62. The van der Waals surface area contributed by atoms with Crippen LogP contribution in [0.1, 0.15) is 38.4 Å². The zero-order chi connectivity index (χ0) is 12.7.